The molecule has 2 unspecified atom stereocenters. The number of pyridine rings is 1. The van der Waals surface area contributed by atoms with Gasteiger partial charge < -0.3 is 21.3 Å². The molecule has 4 N–H and O–H groups in total. The van der Waals surface area contributed by atoms with Crippen LogP contribution in [0.2, 0.25) is 0 Å². The third-order valence-corrected chi connectivity index (χ3v) is 8.69. The first-order valence-corrected chi connectivity index (χ1v) is 15.0. The number of hydrogen-bond acceptors (Lipinski definition) is 5. The molecule has 222 valence electrons. The zero-order chi connectivity index (χ0) is 30.6. The molecule has 3 aromatic rings. The summed E-state index contributed by atoms with van der Waals surface area (Å²) in [5.41, 5.74) is 11.0. The molecule has 0 saturated carbocycles. The molecule has 2 aliphatic carbocycles. The zero-order valence-corrected chi connectivity index (χ0v) is 25.0. The molecule has 43 heavy (non-hydrogen) atoms. The number of likely N-dealkylation sites (N-methyl/N-ethyl adjacent to an activating group) is 1. The van der Waals surface area contributed by atoms with Gasteiger partial charge in [0.25, 0.3) is 5.91 Å². The van der Waals surface area contributed by atoms with Crippen molar-refractivity contribution in [3.8, 4) is 11.3 Å². The molecule has 0 bridgehead atoms. The summed E-state index contributed by atoms with van der Waals surface area (Å²) in [5, 5.41) is 5.89. The lowest BCUT2D eigenvalue weighted by Crippen LogP contribution is -2.43. The molecule has 0 saturated heterocycles. The van der Waals surface area contributed by atoms with Crippen LogP contribution in [0.3, 0.4) is 0 Å². The number of rotatable bonds is 9. The summed E-state index contributed by atoms with van der Waals surface area (Å²) < 4.78 is 0. The molecule has 2 aromatic carbocycles. The van der Waals surface area contributed by atoms with Gasteiger partial charge in [0, 0.05) is 48.7 Å². The number of nitrogens with one attached hydrogen (secondary N) is 2. The number of aromatic nitrogens is 1. The normalized spacial score (nSPS) is 19.1. The second-order valence-corrected chi connectivity index (χ2v) is 11.1. The second kappa shape index (κ2) is 12.7. The fraction of sp³-hybridized carbons (Fsp3) is 0.314. The Bertz CT molecular complexity index is 1610. The van der Waals surface area contributed by atoms with Gasteiger partial charge in [0.05, 0.1) is 17.2 Å². The van der Waals surface area contributed by atoms with Gasteiger partial charge in [0.2, 0.25) is 11.8 Å². The Kier molecular flexibility index (Phi) is 8.76. The minimum absolute atomic E-state index is 0.0592. The highest BCUT2D eigenvalue weighted by Gasteiger charge is 2.41. The Labute approximate surface area is 253 Å². The number of carbonyl (C=O) groups is 3. The van der Waals surface area contributed by atoms with Crippen LogP contribution >= 0.6 is 0 Å². The Morgan fingerprint density at radius 3 is 2.58 bits per heavy atom. The van der Waals surface area contributed by atoms with E-state index in [-0.39, 0.29) is 24.3 Å². The largest absolute Gasteiger partial charge is 0.372 e. The predicted octanol–water partition coefficient (Wildman–Crippen LogP) is 4.76. The highest BCUT2D eigenvalue weighted by Crippen LogP contribution is 2.42. The third kappa shape index (κ3) is 5.82. The van der Waals surface area contributed by atoms with Gasteiger partial charge in [-0.2, -0.15) is 0 Å². The maximum atomic E-state index is 13.6. The van der Waals surface area contributed by atoms with Crippen LogP contribution in [0, 0.1) is 0 Å². The van der Waals surface area contributed by atoms with Crippen molar-refractivity contribution in [2.75, 3.05) is 25.0 Å². The number of nitrogens with zero attached hydrogens (tertiary/aromatic N) is 2. The number of nitrogens with two attached hydrogens (primary N) is 1. The lowest BCUT2D eigenvalue weighted by Gasteiger charge is -2.33. The van der Waals surface area contributed by atoms with Gasteiger partial charge in [-0.05, 0) is 80.5 Å². The van der Waals surface area contributed by atoms with Crippen LogP contribution in [0.4, 0.5) is 5.69 Å². The Morgan fingerprint density at radius 2 is 1.84 bits per heavy atom. The molecule has 8 heteroatoms. The highest BCUT2D eigenvalue weighted by molar-refractivity contribution is 6.00. The average molecular weight is 578 g/mol. The number of benzene rings is 2. The van der Waals surface area contributed by atoms with E-state index < -0.39 is 11.3 Å². The maximum Gasteiger partial charge on any atom is 0.251 e. The highest BCUT2D eigenvalue weighted by atomic mass is 16.2. The summed E-state index contributed by atoms with van der Waals surface area (Å²) >= 11 is 0. The molecule has 3 amide bonds. The molecule has 0 radical (unpaired) electrons. The number of carbonyl (C=O) groups excluding carboxylic acids is 3. The number of fused-ring (bicyclic) bond motifs is 1. The van der Waals surface area contributed by atoms with Gasteiger partial charge in [-0.25, -0.2) is 0 Å². The quantitative estimate of drug-likeness (QED) is 0.339. The molecule has 5 rings (SSSR count). The molecule has 0 fully saturated rings. The second-order valence-electron chi connectivity index (χ2n) is 11.1. The molecule has 0 spiro atoms. The summed E-state index contributed by atoms with van der Waals surface area (Å²) in [7, 11) is 1.56. The smallest absolute Gasteiger partial charge is 0.251 e. The van der Waals surface area contributed by atoms with E-state index in [2.05, 4.69) is 46.5 Å². The number of anilines is 1. The fourth-order valence-corrected chi connectivity index (χ4v) is 6.33. The predicted molar refractivity (Wildman–Crippen MR) is 170 cm³/mol. The standard InChI is InChI=1S/C35H39N5O3/c1-4-40(5-2)26-15-16-29(35(34(36)43)18-9-12-25(22-35)32(41)37-3)28(21-26)31-20-24(17-19-38-31)33(42)39-30-14-8-11-23-10-6-7-13-27(23)30/h6-7,9-10,12-13,15-21,30H,4-5,8,11,14,22H2,1-3H3,(H2,36,43)(H,37,41)(H,39,42). The van der Waals surface area contributed by atoms with Gasteiger partial charge in [-0.1, -0.05) is 48.6 Å². The van der Waals surface area contributed by atoms with E-state index >= 15 is 0 Å². The third-order valence-electron chi connectivity index (χ3n) is 8.69. The van der Waals surface area contributed by atoms with E-state index in [9.17, 15) is 14.4 Å². The van der Waals surface area contributed by atoms with Gasteiger partial charge in [0.15, 0.2) is 0 Å². The lowest BCUT2D eigenvalue weighted by atomic mass is 9.70. The summed E-state index contributed by atoms with van der Waals surface area (Å²) in [4.78, 5) is 46.4. The number of amides is 3. The molecule has 0 aliphatic heterocycles. The van der Waals surface area contributed by atoms with E-state index in [1.807, 2.05) is 30.3 Å². The summed E-state index contributed by atoms with van der Waals surface area (Å²) in [6.07, 6.45) is 9.81. The van der Waals surface area contributed by atoms with E-state index in [0.717, 1.165) is 43.6 Å². The summed E-state index contributed by atoms with van der Waals surface area (Å²) in [5.74, 6) is -1.02. The fourth-order valence-electron chi connectivity index (χ4n) is 6.33. The van der Waals surface area contributed by atoms with Gasteiger partial charge in [0.1, 0.15) is 0 Å². The number of primary amides is 1. The SMILES string of the molecule is CCN(CC)c1ccc(C2(C(N)=O)C=CC=C(C(=O)NC)C2)c(-c2cc(C(=O)NC3CCCc4ccccc43)ccn2)c1. The monoisotopic (exact) mass is 577 g/mol. The van der Waals surface area contributed by atoms with E-state index in [4.69, 9.17) is 5.73 Å². The molecule has 2 atom stereocenters. The Morgan fingerprint density at radius 1 is 1.05 bits per heavy atom. The van der Waals surface area contributed by atoms with Crippen molar-refractivity contribution >= 4 is 23.4 Å². The van der Waals surface area contributed by atoms with Crippen molar-refractivity contribution in [2.45, 2.75) is 51.0 Å². The number of hydrogen-bond donors (Lipinski definition) is 3. The Hall–Kier alpha value is -4.72. The van der Waals surface area contributed by atoms with Crippen LogP contribution in [0.25, 0.3) is 11.3 Å². The van der Waals surface area contributed by atoms with E-state index in [1.54, 1.807) is 43.6 Å². The minimum atomic E-state index is -1.28. The van der Waals surface area contributed by atoms with Crippen LogP contribution in [0.5, 0.6) is 0 Å². The molecular formula is C35H39N5O3. The zero-order valence-electron chi connectivity index (χ0n) is 25.0. The molecule has 1 heterocycles. The first kappa shape index (κ1) is 29.8. The Balaban J connectivity index is 1.57. The molecular weight excluding hydrogens is 538 g/mol. The van der Waals surface area contributed by atoms with Crippen molar-refractivity contribution < 1.29 is 14.4 Å². The van der Waals surface area contributed by atoms with E-state index in [1.165, 1.54) is 5.56 Å². The van der Waals surface area contributed by atoms with Crippen LogP contribution in [-0.2, 0) is 21.4 Å². The summed E-state index contributed by atoms with van der Waals surface area (Å²) in [6.45, 7) is 5.74. The molecule has 1 aromatic heterocycles. The number of allylic oxidation sites excluding steroid dienone is 2. The van der Waals surface area contributed by atoms with Crippen molar-refractivity contribution in [3.05, 3.63) is 107 Å². The van der Waals surface area contributed by atoms with Crippen LogP contribution in [-0.4, -0.2) is 42.8 Å². The average Bonchev–Trinajstić information content (AvgIpc) is 3.05. The summed E-state index contributed by atoms with van der Waals surface area (Å²) in [6, 6.07) is 17.6. The van der Waals surface area contributed by atoms with Crippen LogP contribution in [0.1, 0.15) is 66.2 Å². The van der Waals surface area contributed by atoms with Gasteiger partial charge >= 0.3 is 0 Å². The van der Waals surface area contributed by atoms with Crippen molar-refractivity contribution in [2.24, 2.45) is 5.73 Å². The van der Waals surface area contributed by atoms with Crippen molar-refractivity contribution in [1.82, 2.24) is 15.6 Å². The minimum Gasteiger partial charge on any atom is -0.372 e. The maximum absolute atomic E-state index is 13.6. The first-order valence-electron chi connectivity index (χ1n) is 15.0. The molecule has 2 aliphatic rings. The molecule has 8 nitrogen and oxygen atoms in total. The van der Waals surface area contributed by atoms with Gasteiger partial charge in [-0.3, -0.25) is 19.4 Å². The first-order chi connectivity index (χ1) is 20.8. The van der Waals surface area contributed by atoms with E-state index in [0.29, 0.717) is 28.0 Å². The lowest BCUT2D eigenvalue weighted by molar-refractivity contribution is -0.122. The van der Waals surface area contributed by atoms with Crippen LogP contribution < -0.4 is 21.3 Å². The topological polar surface area (TPSA) is 117 Å². The van der Waals surface area contributed by atoms with Crippen LogP contribution in [0.15, 0.2) is 84.6 Å². The van der Waals surface area contributed by atoms with Gasteiger partial charge in [-0.15, -0.1) is 0 Å². The number of aryl methyl sites for hydroxylation is 1. The van der Waals surface area contributed by atoms with Crippen molar-refractivity contribution in [1.29, 1.82) is 0 Å². The van der Waals surface area contributed by atoms with Crippen molar-refractivity contribution in [3.63, 3.8) is 0 Å².